The van der Waals surface area contributed by atoms with Gasteiger partial charge in [0.2, 0.25) is 0 Å². The Morgan fingerprint density at radius 3 is 2.44 bits per heavy atom. The Bertz CT molecular complexity index is 254. The van der Waals surface area contributed by atoms with Crippen LogP contribution in [0.2, 0.25) is 0 Å². The first-order chi connectivity index (χ1) is 8.44. The molecular formula is C15H28O3. The van der Waals surface area contributed by atoms with E-state index in [-0.39, 0.29) is 17.7 Å². The van der Waals surface area contributed by atoms with Gasteiger partial charge in [-0.2, -0.15) is 0 Å². The van der Waals surface area contributed by atoms with Crippen molar-refractivity contribution in [1.82, 2.24) is 0 Å². The van der Waals surface area contributed by atoms with Gasteiger partial charge in [0.1, 0.15) is 6.61 Å². The predicted octanol–water partition coefficient (Wildman–Crippen LogP) is 3.70. The van der Waals surface area contributed by atoms with Crippen molar-refractivity contribution in [1.29, 1.82) is 0 Å². The fourth-order valence-corrected chi connectivity index (χ4v) is 2.59. The van der Waals surface area contributed by atoms with Crippen LogP contribution in [0, 0.1) is 5.92 Å². The monoisotopic (exact) mass is 256 g/mol. The maximum atomic E-state index is 11.2. The van der Waals surface area contributed by atoms with Crippen molar-refractivity contribution < 1.29 is 14.3 Å². The summed E-state index contributed by atoms with van der Waals surface area (Å²) in [6.45, 7) is 8.29. The van der Waals surface area contributed by atoms with Crippen molar-refractivity contribution >= 4 is 5.97 Å². The molecule has 1 aliphatic rings. The number of esters is 1. The summed E-state index contributed by atoms with van der Waals surface area (Å²) in [6, 6.07) is 0. The number of rotatable bonds is 6. The maximum Gasteiger partial charge on any atom is 0.305 e. The normalized spacial score (nSPS) is 19.6. The lowest BCUT2D eigenvalue weighted by molar-refractivity contribution is -0.160. The molecule has 1 aliphatic carbocycles. The molecule has 0 amide bonds. The fraction of sp³-hybridized carbons (Fsp3) is 0.933. The van der Waals surface area contributed by atoms with Gasteiger partial charge in [-0.3, -0.25) is 4.79 Å². The summed E-state index contributed by atoms with van der Waals surface area (Å²) in [5, 5.41) is 0. The highest BCUT2D eigenvalue weighted by atomic mass is 16.6. The zero-order chi connectivity index (χ0) is 13.6. The molecule has 0 N–H and O–H groups in total. The van der Waals surface area contributed by atoms with Crippen LogP contribution in [0.3, 0.4) is 0 Å². The molecule has 18 heavy (non-hydrogen) atoms. The van der Waals surface area contributed by atoms with Crippen LogP contribution in [0.4, 0.5) is 0 Å². The molecule has 0 aromatic heterocycles. The Morgan fingerprint density at radius 1 is 1.28 bits per heavy atom. The molecule has 1 atom stereocenters. The largest absolute Gasteiger partial charge is 0.463 e. The summed E-state index contributed by atoms with van der Waals surface area (Å²) in [6.07, 6.45) is 7.22. The first-order valence-corrected chi connectivity index (χ1v) is 7.28. The molecule has 0 saturated heterocycles. The van der Waals surface area contributed by atoms with E-state index in [9.17, 15) is 4.79 Å². The standard InChI is InChI=1S/C15H28O3/c1-5-14(16)17-11-15(3,4)18-12(2)13-9-7-6-8-10-13/h12-13H,5-11H2,1-4H3. The van der Waals surface area contributed by atoms with Crippen molar-refractivity contribution in [2.75, 3.05) is 6.61 Å². The molecule has 1 saturated carbocycles. The van der Waals surface area contributed by atoms with Gasteiger partial charge in [0.15, 0.2) is 0 Å². The second-order valence-electron chi connectivity index (χ2n) is 5.99. The molecular weight excluding hydrogens is 228 g/mol. The minimum absolute atomic E-state index is 0.156. The van der Waals surface area contributed by atoms with Crippen LogP contribution in [-0.2, 0) is 14.3 Å². The van der Waals surface area contributed by atoms with E-state index >= 15 is 0 Å². The predicted molar refractivity (Wildman–Crippen MR) is 72.5 cm³/mol. The summed E-state index contributed by atoms with van der Waals surface area (Å²) in [5.74, 6) is 0.511. The lowest BCUT2D eigenvalue weighted by Gasteiger charge is -2.34. The number of hydrogen-bond acceptors (Lipinski definition) is 3. The van der Waals surface area contributed by atoms with Gasteiger partial charge in [0.25, 0.3) is 0 Å². The molecule has 0 radical (unpaired) electrons. The molecule has 3 nitrogen and oxygen atoms in total. The van der Waals surface area contributed by atoms with Crippen LogP contribution in [0.25, 0.3) is 0 Å². The highest BCUT2D eigenvalue weighted by Gasteiger charge is 2.28. The van der Waals surface area contributed by atoms with Crippen LogP contribution >= 0.6 is 0 Å². The second kappa shape index (κ2) is 7.13. The van der Waals surface area contributed by atoms with Gasteiger partial charge >= 0.3 is 5.97 Å². The topological polar surface area (TPSA) is 35.5 Å². The number of ether oxygens (including phenoxy) is 2. The van der Waals surface area contributed by atoms with E-state index in [0.29, 0.717) is 18.9 Å². The second-order valence-corrected chi connectivity index (χ2v) is 5.99. The molecule has 1 fully saturated rings. The summed E-state index contributed by atoms with van der Waals surface area (Å²) in [5.41, 5.74) is -0.387. The van der Waals surface area contributed by atoms with Crippen LogP contribution < -0.4 is 0 Å². The van der Waals surface area contributed by atoms with E-state index in [4.69, 9.17) is 9.47 Å². The first kappa shape index (κ1) is 15.5. The van der Waals surface area contributed by atoms with E-state index in [0.717, 1.165) is 0 Å². The Morgan fingerprint density at radius 2 is 1.89 bits per heavy atom. The summed E-state index contributed by atoms with van der Waals surface area (Å²) >= 11 is 0. The van der Waals surface area contributed by atoms with Crippen molar-refractivity contribution in [3.63, 3.8) is 0 Å². The van der Waals surface area contributed by atoms with Gasteiger partial charge in [0.05, 0.1) is 11.7 Å². The third-order valence-electron chi connectivity index (χ3n) is 3.69. The Kier molecular flexibility index (Phi) is 6.13. The Balaban J connectivity index is 2.35. The molecule has 3 heteroatoms. The van der Waals surface area contributed by atoms with E-state index in [1.165, 1.54) is 32.1 Å². The average Bonchev–Trinajstić information content (AvgIpc) is 2.36. The fourth-order valence-electron chi connectivity index (χ4n) is 2.59. The third-order valence-corrected chi connectivity index (χ3v) is 3.69. The van der Waals surface area contributed by atoms with E-state index in [2.05, 4.69) is 6.92 Å². The average molecular weight is 256 g/mol. The first-order valence-electron chi connectivity index (χ1n) is 7.28. The van der Waals surface area contributed by atoms with Crippen molar-refractivity contribution in [3.05, 3.63) is 0 Å². The Labute approximate surface area is 111 Å². The molecule has 1 unspecified atom stereocenters. The zero-order valence-corrected chi connectivity index (χ0v) is 12.3. The highest BCUT2D eigenvalue weighted by molar-refractivity contribution is 5.68. The van der Waals surface area contributed by atoms with E-state index in [1.54, 1.807) is 6.92 Å². The molecule has 0 bridgehead atoms. The van der Waals surface area contributed by atoms with Gasteiger partial charge in [-0.25, -0.2) is 0 Å². The van der Waals surface area contributed by atoms with Crippen LogP contribution in [0.1, 0.15) is 66.2 Å². The summed E-state index contributed by atoms with van der Waals surface area (Å²) in [7, 11) is 0. The highest BCUT2D eigenvalue weighted by Crippen LogP contribution is 2.30. The van der Waals surface area contributed by atoms with Gasteiger partial charge in [-0.05, 0) is 39.5 Å². The molecule has 0 aromatic carbocycles. The van der Waals surface area contributed by atoms with Crippen LogP contribution in [-0.4, -0.2) is 24.3 Å². The van der Waals surface area contributed by atoms with E-state index < -0.39 is 0 Å². The minimum Gasteiger partial charge on any atom is -0.463 e. The third kappa shape index (κ3) is 5.38. The van der Waals surface area contributed by atoms with Crippen LogP contribution in [0.5, 0.6) is 0 Å². The summed E-state index contributed by atoms with van der Waals surface area (Å²) in [4.78, 5) is 11.2. The summed E-state index contributed by atoms with van der Waals surface area (Å²) < 4.78 is 11.3. The van der Waals surface area contributed by atoms with Crippen molar-refractivity contribution in [3.8, 4) is 0 Å². The SMILES string of the molecule is CCC(=O)OCC(C)(C)OC(C)C1CCCCC1. The van der Waals surface area contributed by atoms with Gasteiger partial charge < -0.3 is 9.47 Å². The molecule has 1 rings (SSSR count). The lowest BCUT2D eigenvalue weighted by Crippen LogP contribution is -2.38. The van der Waals surface area contributed by atoms with E-state index in [1.807, 2.05) is 13.8 Å². The smallest absolute Gasteiger partial charge is 0.305 e. The maximum absolute atomic E-state index is 11.2. The zero-order valence-electron chi connectivity index (χ0n) is 12.3. The molecule has 0 spiro atoms. The number of carbonyl (C=O) groups is 1. The van der Waals surface area contributed by atoms with Gasteiger partial charge in [-0.15, -0.1) is 0 Å². The Hall–Kier alpha value is -0.570. The number of hydrogen-bond donors (Lipinski definition) is 0. The van der Waals surface area contributed by atoms with Gasteiger partial charge in [0, 0.05) is 6.42 Å². The minimum atomic E-state index is -0.387. The van der Waals surface area contributed by atoms with Gasteiger partial charge in [-0.1, -0.05) is 26.2 Å². The van der Waals surface area contributed by atoms with Crippen molar-refractivity contribution in [2.45, 2.75) is 77.9 Å². The molecule has 0 aliphatic heterocycles. The molecule has 0 heterocycles. The number of carbonyl (C=O) groups excluding carboxylic acids is 1. The quantitative estimate of drug-likeness (QED) is 0.680. The van der Waals surface area contributed by atoms with Crippen molar-refractivity contribution in [2.24, 2.45) is 5.92 Å². The molecule has 0 aromatic rings. The lowest BCUT2D eigenvalue weighted by atomic mass is 9.85. The van der Waals surface area contributed by atoms with Crippen LogP contribution in [0.15, 0.2) is 0 Å². The molecule has 106 valence electrons.